The molecule has 0 aliphatic carbocycles. The topological polar surface area (TPSA) is 50.5 Å². The Morgan fingerprint density at radius 3 is 2.33 bits per heavy atom. The normalized spacial score (nSPS) is 14.2. The second-order valence-corrected chi connectivity index (χ2v) is 8.59. The van der Waals surface area contributed by atoms with Crippen LogP contribution in [0.1, 0.15) is 33.6 Å². The van der Waals surface area contributed by atoms with E-state index in [0.717, 1.165) is 33.6 Å². The van der Waals surface area contributed by atoms with Gasteiger partial charge in [-0.1, -0.05) is 35.9 Å². The maximum Gasteiger partial charge on any atom is 0.272 e. The van der Waals surface area contributed by atoms with Crippen LogP contribution in [0.3, 0.4) is 0 Å². The third-order valence-corrected chi connectivity index (χ3v) is 6.47. The van der Waals surface area contributed by atoms with Crippen molar-refractivity contribution in [2.24, 2.45) is 0 Å². The first-order valence-corrected chi connectivity index (χ1v) is 10.8. The van der Waals surface area contributed by atoms with Crippen LogP contribution in [-0.2, 0) is 15.3 Å². The molecule has 152 valence electrons. The van der Waals surface area contributed by atoms with E-state index in [4.69, 9.17) is 4.42 Å². The molecule has 1 aromatic heterocycles. The molecule has 0 radical (unpaired) electrons. The van der Waals surface area contributed by atoms with Crippen molar-refractivity contribution in [3.05, 3.63) is 93.3 Å². The number of rotatable bonds is 5. The lowest BCUT2D eigenvalue weighted by molar-refractivity contribution is -0.119. The zero-order valence-electron chi connectivity index (χ0n) is 17.5. The number of hydrogen-bond donors (Lipinski definition) is 0. The predicted octanol–water partition coefficient (Wildman–Crippen LogP) is 5.73. The Kier molecular flexibility index (Phi) is 5.39. The van der Waals surface area contributed by atoms with Gasteiger partial charge in [-0.25, -0.2) is 4.90 Å². The first-order chi connectivity index (χ1) is 14.4. The van der Waals surface area contributed by atoms with Gasteiger partial charge in [0.25, 0.3) is 11.8 Å². The fourth-order valence-corrected chi connectivity index (χ4v) is 4.62. The molecule has 0 N–H and O–H groups in total. The number of imide groups is 1. The Hall–Kier alpha value is -3.05. The van der Waals surface area contributed by atoms with Gasteiger partial charge in [-0.15, -0.1) is 11.8 Å². The van der Waals surface area contributed by atoms with Gasteiger partial charge < -0.3 is 4.42 Å². The molecule has 0 atom stereocenters. The molecule has 0 saturated heterocycles. The van der Waals surface area contributed by atoms with Crippen molar-refractivity contribution < 1.29 is 14.0 Å². The van der Waals surface area contributed by atoms with Crippen LogP contribution in [-0.4, -0.2) is 11.8 Å². The highest BCUT2D eigenvalue weighted by atomic mass is 32.2. The molecule has 0 spiro atoms. The predicted molar refractivity (Wildman–Crippen MR) is 121 cm³/mol. The zero-order valence-corrected chi connectivity index (χ0v) is 18.3. The molecule has 0 saturated carbocycles. The van der Waals surface area contributed by atoms with Crippen LogP contribution in [0.2, 0.25) is 0 Å². The molecule has 30 heavy (non-hydrogen) atoms. The van der Waals surface area contributed by atoms with E-state index < -0.39 is 0 Å². The number of amides is 2. The van der Waals surface area contributed by atoms with Crippen molar-refractivity contribution in [2.45, 2.75) is 33.4 Å². The fourth-order valence-electron chi connectivity index (χ4n) is 3.61. The molecule has 4 nitrogen and oxygen atoms in total. The summed E-state index contributed by atoms with van der Waals surface area (Å²) in [6.07, 6.45) is 1.61. The molecule has 0 fully saturated rings. The number of carbonyl (C=O) groups is 2. The van der Waals surface area contributed by atoms with Crippen molar-refractivity contribution in [2.75, 3.05) is 4.90 Å². The minimum atomic E-state index is -0.281. The molecule has 3 aromatic rings. The standard InChI is InChI=1S/C25H23NO3S/c1-15-7-10-21(18(4)12-15)26-24(27)22(19-9-8-16(2)17(3)13-19)23(25(26)28)30-14-20-6-5-11-29-20/h5-13H,14H2,1-4H3. The van der Waals surface area contributed by atoms with E-state index in [-0.39, 0.29) is 11.8 Å². The van der Waals surface area contributed by atoms with Crippen LogP contribution in [0.15, 0.2) is 64.1 Å². The number of furan rings is 1. The quantitative estimate of drug-likeness (QED) is 0.497. The molecule has 0 bridgehead atoms. The highest BCUT2D eigenvalue weighted by Gasteiger charge is 2.40. The van der Waals surface area contributed by atoms with Gasteiger partial charge in [0.1, 0.15) is 5.76 Å². The summed E-state index contributed by atoms with van der Waals surface area (Å²) in [6, 6.07) is 15.3. The van der Waals surface area contributed by atoms with Gasteiger partial charge in [0.05, 0.1) is 28.2 Å². The lowest BCUT2D eigenvalue weighted by Crippen LogP contribution is -2.32. The smallest absolute Gasteiger partial charge is 0.272 e. The lowest BCUT2D eigenvalue weighted by atomic mass is 10.0. The number of anilines is 1. The summed E-state index contributed by atoms with van der Waals surface area (Å²) in [5.41, 5.74) is 6.07. The second-order valence-electron chi connectivity index (χ2n) is 7.61. The third-order valence-electron chi connectivity index (χ3n) is 5.37. The summed E-state index contributed by atoms with van der Waals surface area (Å²) < 4.78 is 5.42. The first kappa shape index (κ1) is 20.2. The van der Waals surface area contributed by atoms with Crippen LogP contribution in [0.25, 0.3) is 5.57 Å². The highest BCUT2D eigenvalue weighted by Crippen LogP contribution is 2.40. The van der Waals surface area contributed by atoms with E-state index in [1.807, 2.05) is 76.2 Å². The average molecular weight is 418 g/mol. The lowest BCUT2D eigenvalue weighted by Gasteiger charge is -2.18. The SMILES string of the molecule is Cc1ccc(N2C(=O)C(SCc3ccco3)=C(c3ccc(C)c(C)c3)C2=O)c(C)c1. The van der Waals surface area contributed by atoms with Gasteiger partial charge in [0.2, 0.25) is 0 Å². The first-order valence-electron chi connectivity index (χ1n) is 9.80. The molecular weight excluding hydrogens is 394 g/mol. The van der Waals surface area contributed by atoms with Gasteiger partial charge in [0, 0.05) is 0 Å². The Labute approximate surface area is 180 Å². The molecule has 1 aliphatic rings. The van der Waals surface area contributed by atoms with Crippen LogP contribution >= 0.6 is 11.8 Å². The molecule has 0 unspecified atom stereocenters. The summed E-state index contributed by atoms with van der Waals surface area (Å²) >= 11 is 1.35. The molecule has 2 heterocycles. The molecule has 5 heteroatoms. The monoisotopic (exact) mass is 417 g/mol. The molecular formula is C25H23NO3S. The molecule has 2 amide bonds. The van der Waals surface area contributed by atoms with Crippen LogP contribution in [0.4, 0.5) is 5.69 Å². The summed E-state index contributed by atoms with van der Waals surface area (Å²) in [5.74, 6) is 0.683. The molecule has 4 rings (SSSR count). The second kappa shape index (κ2) is 8.00. The fraction of sp³-hybridized carbons (Fsp3) is 0.200. The van der Waals surface area contributed by atoms with E-state index in [1.54, 1.807) is 6.26 Å². The summed E-state index contributed by atoms with van der Waals surface area (Å²) in [6.45, 7) is 7.96. The Morgan fingerprint density at radius 2 is 1.67 bits per heavy atom. The van der Waals surface area contributed by atoms with Crippen molar-refractivity contribution in [3.8, 4) is 0 Å². The third kappa shape index (κ3) is 3.61. The van der Waals surface area contributed by atoms with E-state index in [1.165, 1.54) is 16.7 Å². The largest absolute Gasteiger partial charge is 0.468 e. The average Bonchev–Trinajstić information content (AvgIpc) is 3.30. The van der Waals surface area contributed by atoms with Crippen LogP contribution < -0.4 is 4.90 Å². The van der Waals surface area contributed by atoms with E-state index in [0.29, 0.717) is 21.9 Å². The van der Waals surface area contributed by atoms with E-state index >= 15 is 0 Å². The number of aryl methyl sites for hydroxylation is 4. The van der Waals surface area contributed by atoms with Crippen LogP contribution in [0.5, 0.6) is 0 Å². The minimum absolute atomic E-state index is 0.280. The maximum atomic E-state index is 13.5. The maximum absolute atomic E-state index is 13.5. The zero-order chi connectivity index (χ0) is 21.4. The number of thioether (sulfide) groups is 1. The Balaban J connectivity index is 1.80. The van der Waals surface area contributed by atoms with E-state index in [9.17, 15) is 9.59 Å². The van der Waals surface area contributed by atoms with Crippen molar-refractivity contribution >= 4 is 34.8 Å². The Morgan fingerprint density at radius 1 is 0.867 bits per heavy atom. The van der Waals surface area contributed by atoms with Crippen LogP contribution in [0, 0.1) is 27.7 Å². The molecule has 2 aromatic carbocycles. The Bertz CT molecular complexity index is 1180. The van der Waals surface area contributed by atoms with Gasteiger partial charge in [-0.3, -0.25) is 9.59 Å². The van der Waals surface area contributed by atoms with Gasteiger partial charge in [0.15, 0.2) is 0 Å². The summed E-state index contributed by atoms with van der Waals surface area (Å²) in [7, 11) is 0. The number of nitrogens with zero attached hydrogens (tertiary/aromatic N) is 1. The number of benzene rings is 2. The van der Waals surface area contributed by atoms with Gasteiger partial charge >= 0.3 is 0 Å². The molecule has 1 aliphatic heterocycles. The van der Waals surface area contributed by atoms with Crippen molar-refractivity contribution in [1.82, 2.24) is 0 Å². The van der Waals surface area contributed by atoms with E-state index in [2.05, 4.69) is 0 Å². The highest BCUT2D eigenvalue weighted by molar-refractivity contribution is 8.03. The van der Waals surface area contributed by atoms with Crippen molar-refractivity contribution in [1.29, 1.82) is 0 Å². The summed E-state index contributed by atoms with van der Waals surface area (Å²) in [4.78, 5) is 28.7. The minimum Gasteiger partial charge on any atom is -0.468 e. The van der Waals surface area contributed by atoms with Crippen molar-refractivity contribution in [3.63, 3.8) is 0 Å². The summed E-state index contributed by atoms with van der Waals surface area (Å²) in [5, 5.41) is 0. The van der Waals surface area contributed by atoms with Gasteiger partial charge in [-0.2, -0.15) is 0 Å². The number of carbonyl (C=O) groups excluding carboxylic acids is 2. The number of hydrogen-bond acceptors (Lipinski definition) is 4. The van der Waals surface area contributed by atoms with Gasteiger partial charge in [-0.05, 0) is 68.1 Å².